The molecule has 1 aromatic rings. The lowest BCUT2D eigenvalue weighted by Gasteiger charge is -2.08. The Morgan fingerprint density at radius 1 is 1.58 bits per heavy atom. The van der Waals surface area contributed by atoms with E-state index in [1.54, 1.807) is 12.1 Å². The lowest BCUT2D eigenvalue weighted by atomic mass is 10.2. The van der Waals surface area contributed by atoms with E-state index in [0.717, 1.165) is 5.57 Å². The molecule has 0 bridgehead atoms. The van der Waals surface area contributed by atoms with Crippen LogP contribution in [0, 0.1) is 10.1 Å². The molecule has 1 N–H and O–H groups in total. The molecule has 0 heterocycles. The number of hydrogen-bond donors (Lipinski definition) is 1. The minimum Gasteiger partial charge on any atom is -0.376 e. The van der Waals surface area contributed by atoms with Gasteiger partial charge in [0.25, 0.3) is 5.69 Å². The van der Waals surface area contributed by atoms with Crippen LogP contribution in [0.4, 0.5) is 5.69 Å². The van der Waals surface area contributed by atoms with Gasteiger partial charge in [0.1, 0.15) is 0 Å². The third kappa shape index (κ3) is 5.38. The van der Waals surface area contributed by atoms with E-state index >= 15 is 0 Å². The maximum Gasteiger partial charge on any atom is 0.275 e. The first-order valence-corrected chi connectivity index (χ1v) is 6.24. The highest BCUT2D eigenvalue weighted by molar-refractivity contribution is 6.31. The first-order chi connectivity index (χ1) is 9.02. The van der Waals surface area contributed by atoms with Gasteiger partial charge in [0.15, 0.2) is 0 Å². The molecule has 0 fully saturated rings. The Hall–Kier alpha value is -1.43. The van der Waals surface area contributed by atoms with Gasteiger partial charge in [0.2, 0.25) is 0 Å². The van der Waals surface area contributed by atoms with Gasteiger partial charge in [-0.1, -0.05) is 29.8 Å². The largest absolute Gasteiger partial charge is 0.376 e. The quantitative estimate of drug-likeness (QED) is 0.345. The van der Waals surface area contributed by atoms with Crippen molar-refractivity contribution in [2.45, 2.75) is 13.5 Å². The second-order valence-electron chi connectivity index (χ2n) is 4.18. The van der Waals surface area contributed by atoms with Crippen molar-refractivity contribution >= 4 is 17.3 Å². The summed E-state index contributed by atoms with van der Waals surface area (Å²) >= 11 is 5.97. The summed E-state index contributed by atoms with van der Waals surface area (Å²) in [5, 5.41) is 14.3. The van der Waals surface area contributed by atoms with Crippen molar-refractivity contribution in [2.24, 2.45) is 0 Å². The topological polar surface area (TPSA) is 64.4 Å². The third-order valence-corrected chi connectivity index (χ3v) is 2.72. The average molecular weight is 285 g/mol. The molecule has 19 heavy (non-hydrogen) atoms. The Bertz CT molecular complexity index is 463. The summed E-state index contributed by atoms with van der Waals surface area (Å²) in [6, 6.07) is 4.66. The van der Waals surface area contributed by atoms with Gasteiger partial charge >= 0.3 is 0 Å². The highest BCUT2D eigenvalue weighted by Crippen LogP contribution is 2.25. The Morgan fingerprint density at radius 3 is 2.95 bits per heavy atom. The van der Waals surface area contributed by atoms with E-state index in [4.69, 9.17) is 16.3 Å². The van der Waals surface area contributed by atoms with E-state index in [2.05, 4.69) is 11.9 Å². The smallest absolute Gasteiger partial charge is 0.275 e. The highest BCUT2D eigenvalue weighted by Gasteiger charge is 2.15. The third-order valence-electron chi connectivity index (χ3n) is 2.36. The van der Waals surface area contributed by atoms with E-state index in [9.17, 15) is 10.1 Å². The van der Waals surface area contributed by atoms with Gasteiger partial charge in [-0.05, 0) is 13.0 Å². The number of nitro benzene ring substituents is 1. The minimum absolute atomic E-state index is 0.0304. The second kappa shape index (κ2) is 7.89. The van der Waals surface area contributed by atoms with E-state index in [1.807, 2.05) is 6.92 Å². The first-order valence-electron chi connectivity index (χ1n) is 5.87. The van der Waals surface area contributed by atoms with Gasteiger partial charge in [-0.3, -0.25) is 10.1 Å². The molecule has 5 nitrogen and oxygen atoms in total. The minimum atomic E-state index is -0.430. The zero-order chi connectivity index (χ0) is 14.3. The molecule has 0 atom stereocenters. The predicted molar refractivity (Wildman–Crippen MR) is 75.4 cm³/mol. The molecule has 104 valence electrons. The number of nitrogens with one attached hydrogen (secondary N) is 1. The number of ether oxygens (including phenoxy) is 1. The molecule has 0 unspecified atom stereocenters. The van der Waals surface area contributed by atoms with Crippen LogP contribution in [0.5, 0.6) is 0 Å². The van der Waals surface area contributed by atoms with Crippen molar-refractivity contribution < 1.29 is 9.66 Å². The van der Waals surface area contributed by atoms with Crippen LogP contribution in [0.25, 0.3) is 0 Å². The van der Waals surface area contributed by atoms with Gasteiger partial charge in [-0.2, -0.15) is 0 Å². The molecule has 0 aliphatic rings. The standard InChI is InChI=1S/C13H17ClN2O3/c1-10(2)9-19-7-6-15-8-11-12(14)4-3-5-13(11)16(17)18/h3-5,15H,1,6-9H2,2H3. The first kappa shape index (κ1) is 15.6. The maximum atomic E-state index is 10.9. The van der Waals surface area contributed by atoms with E-state index in [0.29, 0.717) is 36.9 Å². The number of hydrogen-bond acceptors (Lipinski definition) is 4. The molecule has 0 aliphatic heterocycles. The summed E-state index contributed by atoms with van der Waals surface area (Å²) in [6.45, 7) is 7.59. The summed E-state index contributed by atoms with van der Waals surface area (Å²) in [5.41, 5.74) is 1.48. The van der Waals surface area contributed by atoms with Crippen molar-refractivity contribution in [2.75, 3.05) is 19.8 Å². The lowest BCUT2D eigenvalue weighted by Crippen LogP contribution is -2.20. The Kier molecular flexibility index (Phi) is 6.49. The fraction of sp³-hybridized carbons (Fsp3) is 0.385. The zero-order valence-electron chi connectivity index (χ0n) is 10.8. The number of nitrogens with zero attached hydrogens (tertiary/aromatic N) is 1. The number of halogens is 1. The van der Waals surface area contributed by atoms with E-state index in [1.165, 1.54) is 6.07 Å². The zero-order valence-corrected chi connectivity index (χ0v) is 11.6. The molecule has 0 aliphatic carbocycles. The molecule has 6 heteroatoms. The van der Waals surface area contributed by atoms with Crippen molar-refractivity contribution in [1.29, 1.82) is 0 Å². The van der Waals surface area contributed by atoms with Crippen LogP contribution in [0.15, 0.2) is 30.4 Å². The van der Waals surface area contributed by atoms with Crippen LogP contribution >= 0.6 is 11.6 Å². The Balaban J connectivity index is 2.45. The van der Waals surface area contributed by atoms with E-state index < -0.39 is 4.92 Å². The molecule has 0 spiro atoms. The van der Waals surface area contributed by atoms with Gasteiger partial charge < -0.3 is 10.1 Å². The average Bonchev–Trinajstić information content (AvgIpc) is 2.34. The maximum absolute atomic E-state index is 10.9. The Morgan fingerprint density at radius 2 is 2.32 bits per heavy atom. The second-order valence-corrected chi connectivity index (χ2v) is 4.59. The van der Waals surface area contributed by atoms with Crippen molar-refractivity contribution in [3.8, 4) is 0 Å². The van der Waals surface area contributed by atoms with Gasteiger partial charge in [0.05, 0.1) is 28.7 Å². The molecule has 0 radical (unpaired) electrons. The van der Waals surface area contributed by atoms with Gasteiger partial charge in [-0.25, -0.2) is 0 Å². The Labute approximate surface area is 117 Å². The van der Waals surface area contributed by atoms with Crippen molar-refractivity contribution in [3.63, 3.8) is 0 Å². The van der Waals surface area contributed by atoms with Crippen LogP contribution in [0.2, 0.25) is 5.02 Å². The van der Waals surface area contributed by atoms with Crippen LogP contribution in [0.3, 0.4) is 0 Å². The predicted octanol–water partition coefficient (Wildman–Crippen LogP) is 2.93. The summed E-state index contributed by atoms with van der Waals surface area (Å²) in [7, 11) is 0. The molecule has 1 rings (SSSR count). The summed E-state index contributed by atoms with van der Waals surface area (Å²) < 4.78 is 5.31. The fourth-order valence-electron chi connectivity index (χ4n) is 1.50. The van der Waals surface area contributed by atoms with Crippen molar-refractivity contribution in [1.82, 2.24) is 5.32 Å². The molecule has 0 amide bonds. The van der Waals surface area contributed by atoms with Gasteiger partial charge in [-0.15, -0.1) is 0 Å². The lowest BCUT2D eigenvalue weighted by molar-refractivity contribution is -0.385. The molecule has 0 aromatic heterocycles. The molecule has 0 saturated carbocycles. The SMILES string of the molecule is C=C(C)COCCNCc1c(Cl)cccc1[N+](=O)[O-]. The highest BCUT2D eigenvalue weighted by atomic mass is 35.5. The monoisotopic (exact) mass is 284 g/mol. The molecular formula is C13H17ClN2O3. The number of nitro groups is 1. The van der Waals surface area contributed by atoms with Crippen LogP contribution in [-0.2, 0) is 11.3 Å². The van der Waals surface area contributed by atoms with Gasteiger partial charge in [0, 0.05) is 19.2 Å². The molecular weight excluding hydrogens is 268 g/mol. The normalized spacial score (nSPS) is 10.4. The molecule has 1 aromatic carbocycles. The summed E-state index contributed by atoms with van der Waals surface area (Å²) in [6.07, 6.45) is 0. The van der Waals surface area contributed by atoms with Crippen LogP contribution in [-0.4, -0.2) is 24.7 Å². The molecule has 0 saturated heterocycles. The fourth-order valence-corrected chi connectivity index (χ4v) is 1.73. The van der Waals surface area contributed by atoms with Crippen LogP contribution in [0.1, 0.15) is 12.5 Å². The van der Waals surface area contributed by atoms with Crippen molar-refractivity contribution in [3.05, 3.63) is 51.1 Å². The van der Waals surface area contributed by atoms with Crippen LogP contribution < -0.4 is 5.32 Å². The summed E-state index contributed by atoms with van der Waals surface area (Å²) in [5.74, 6) is 0. The van der Waals surface area contributed by atoms with E-state index in [-0.39, 0.29) is 5.69 Å². The number of benzene rings is 1. The summed E-state index contributed by atoms with van der Waals surface area (Å²) in [4.78, 5) is 10.4. The number of rotatable bonds is 8.